The number of ether oxygens (including phenoxy) is 1. The van der Waals surface area contributed by atoms with Crippen LogP contribution in [0, 0.1) is 0 Å². The van der Waals surface area contributed by atoms with Crippen molar-refractivity contribution in [1.82, 2.24) is 0 Å². The predicted octanol–water partition coefficient (Wildman–Crippen LogP) is 0.930. The quantitative estimate of drug-likeness (QED) is 0.868. The lowest BCUT2D eigenvalue weighted by Crippen LogP contribution is -2.30. The smallest absolute Gasteiger partial charge is 0.156 e. The van der Waals surface area contributed by atoms with E-state index in [4.69, 9.17) is 16.3 Å². The molecule has 0 spiro atoms. The number of hydrogen-bond acceptors (Lipinski definition) is 5. The highest BCUT2D eigenvalue weighted by Gasteiger charge is 2.38. The molecule has 1 aliphatic rings. The fourth-order valence-corrected chi connectivity index (χ4v) is 3.87. The normalized spacial score (nSPS) is 27.2. The second-order valence-corrected chi connectivity index (χ2v) is 7.25. The van der Waals surface area contributed by atoms with Crippen LogP contribution in [0.4, 0.5) is 0 Å². The molecule has 0 amide bonds. The summed E-state index contributed by atoms with van der Waals surface area (Å²) in [6.07, 6.45) is -2.67. The molecule has 0 aliphatic carbocycles. The maximum Gasteiger partial charge on any atom is 0.156 e. The lowest BCUT2D eigenvalue weighted by atomic mass is 10.1. The zero-order valence-electron chi connectivity index (χ0n) is 10.3. The molecule has 1 fully saturated rings. The minimum absolute atomic E-state index is 0.226. The van der Waals surface area contributed by atoms with Gasteiger partial charge in [0.05, 0.1) is 17.6 Å². The average molecular weight is 307 g/mol. The molecular formula is C12H15ClO5S. The van der Waals surface area contributed by atoms with Gasteiger partial charge < -0.3 is 14.9 Å². The molecule has 0 saturated carbocycles. The summed E-state index contributed by atoms with van der Waals surface area (Å²) in [4.78, 5) is 0. The van der Waals surface area contributed by atoms with Crippen LogP contribution in [0.15, 0.2) is 18.2 Å². The molecule has 3 atom stereocenters. The van der Waals surface area contributed by atoms with Crippen LogP contribution in [0.2, 0.25) is 5.02 Å². The van der Waals surface area contributed by atoms with Crippen molar-refractivity contribution in [3.05, 3.63) is 28.8 Å². The van der Waals surface area contributed by atoms with Crippen LogP contribution in [0.1, 0.15) is 18.6 Å². The molecule has 7 heteroatoms. The Morgan fingerprint density at radius 3 is 2.63 bits per heavy atom. The fourth-order valence-electron chi connectivity index (χ4n) is 2.03. The van der Waals surface area contributed by atoms with E-state index in [1.165, 1.54) is 0 Å². The Kier molecular flexibility index (Phi) is 4.06. The average Bonchev–Trinajstić information content (AvgIpc) is 2.54. The molecular weight excluding hydrogens is 292 g/mol. The van der Waals surface area contributed by atoms with Gasteiger partial charge in [-0.1, -0.05) is 11.6 Å². The minimum Gasteiger partial charge on any atom is -0.486 e. The van der Waals surface area contributed by atoms with E-state index in [0.717, 1.165) is 0 Å². The minimum atomic E-state index is -3.27. The van der Waals surface area contributed by atoms with Crippen molar-refractivity contribution in [2.45, 2.75) is 25.2 Å². The van der Waals surface area contributed by atoms with E-state index in [-0.39, 0.29) is 11.5 Å². The van der Waals surface area contributed by atoms with Crippen LogP contribution in [-0.2, 0) is 9.84 Å². The lowest BCUT2D eigenvalue weighted by Gasteiger charge is -2.19. The Morgan fingerprint density at radius 1 is 1.42 bits per heavy atom. The number of sulfone groups is 1. The molecule has 1 saturated heterocycles. The number of aliphatic hydroxyl groups excluding tert-OH is 2. The van der Waals surface area contributed by atoms with Gasteiger partial charge >= 0.3 is 0 Å². The van der Waals surface area contributed by atoms with Gasteiger partial charge in [0.25, 0.3) is 0 Å². The predicted molar refractivity (Wildman–Crippen MR) is 71.2 cm³/mol. The standard InChI is InChI=1S/C12H15ClO5S/c1-7(14)9-4-8(13)2-3-11(9)18-12-6-19(16,17)5-10(12)15/h2-4,7,10,12,14-15H,5-6H2,1H3/t7-,10?,12?/m1/s1. The molecule has 5 nitrogen and oxygen atoms in total. The molecule has 1 aromatic rings. The number of rotatable bonds is 3. The van der Waals surface area contributed by atoms with Crippen molar-refractivity contribution in [3.63, 3.8) is 0 Å². The Balaban J connectivity index is 2.25. The van der Waals surface area contributed by atoms with Crippen molar-refractivity contribution in [3.8, 4) is 5.75 Å². The number of hydrogen-bond donors (Lipinski definition) is 2. The van der Waals surface area contributed by atoms with Gasteiger partial charge in [-0.15, -0.1) is 0 Å². The van der Waals surface area contributed by atoms with Crippen LogP contribution >= 0.6 is 11.6 Å². The summed E-state index contributed by atoms with van der Waals surface area (Å²) in [5, 5.41) is 19.8. The van der Waals surface area contributed by atoms with Crippen molar-refractivity contribution < 1.29 is 23.4 Å². The maximum atomic E-state index is 11.4. The maximum absolute atomic E-state index is 11.4. The second-order valence-electron chi connectivity index (χ2n) is 4.66. The number of benzene rings is 1. The fraction of sp³-hybridized carbons (Fsp3) is 0.500. The molecule has 1 aliphatic heterocycles. The first-order valence-corrected chi connectivity index (χ1v) is 8.01. The van der Waals surface area contributed by atoms with Crippen LogP contribution in [0.5, 0.6) is 5.75 Å². The summed E-state index contributed by atoms with van der Waals surface area (Å²) < 4.78 is 28.3. The monoisotopic (exact) mass is 306 g/mol. The Hall–Kier alpha value is -0.820. The third kappa shape index (κ3) is 3.39. The van der Waals surface area contributed by atoms with Gasteiger partial charge in [-0.25, -0.2) is 8.42 Å². The van der Waals surface area contributed by atoms with E-state index >= 15 is 0 Å². The lowest BCUT2D eigenvalue weighted by molar-refractivity contribution is 0.0707. The van der Waals surface area contributed by atoms with Gasteiger partial charge in [-0.05, 0) is 25.1 Å². The summed E-state index contributed by atoms with van der Waals surface area (Å²) in [6.45, 7) is 1.56. The first kappa shape index (κ1) is 14.6. The molecule has 2 rings (SSSR count). The SMILES string of the molecule is C[C@@H](O)c1cc(Cl)ccc1OC1CS(=O)(=O)CC1O. The molecule has 19 heavy (non-hydrogen) atoms. The van der Waals surface area contributed by atoms with Gasteiger partial charge in [0, 0.05) is 10.6 Å². The summed E-state index contributed by atoms with van der Waals surface area (Å²) in [5.74, 6) is -0.189. The highest BCUT2D eigenvalue weighted by atomic mass is 35.5. The third-order valence-electron chi connectivity index (χ3n) is 2.97. The molecule has 2 unspecified atom stereocenters. The zero-order chi connectivity index (χ0) is 14.2. The summed E-state index contributed by atoms with van der Waals surface area (Å²) >= 11 is 5.84. The Labute approximate surface area is 116 Å². The molecule has 0 radical (unpaired) electrons. The van der Waals surface area contributed by atoms with E-state index in [0.29, 0.717) is 16.3 Å². The van der Waals surface area contributed by atoms with E-state index in [9.17, 15) is 18.6 Å². The molecule has 0 bridgehead atoms. The van der Waals surface area contributed by atoms with Crippen molar-refractivity contribution in [1.29, 1.82) is 0 Å². The summed E-state index contributed by atoms with van der Waals surface area (Å²) in [7, 11) is -3.27. The summed E-state index contributed by atoms with van der Waals surface area (Å²) in [6, 6.07) is 4.69. The van der Waals surface area contributed by atoms with Crippen LogP contribution in [0.3, 0.4) is 0 Å². The van der Waals surface area contributed by atoms with E-state index in [1.807, 2.05) is 0 Å². The third-order valence-corrected chi connectivity index (χ3v) is 4.89. The summed E-state index contributed by atoms with van der Waals surface area (Å²) in [5.41, 5.74) is 0.462. The Bertz CT molecular complexity index is 569. The largest absolute Gasteiger partial charge is 0.486 e. The highest BCUT2D eigenvalue weighted by molar-refractivity contribution is 7.91. The van der Waals surface area contributed by atoms with Crippen molar-refractivity contribution in [2.75, 3.05) is 11.5 Å². The molecule has 1 aromatic carbocycles. The highest BCUT2D eigenvalue weighted by Crippen LogP contribution is 2.30. The van der Waals surface area contributed by atoms with E-state index in [1.54, 1.807) is 25.1 Å². The van der Waals surface area contributed by atoms with Gasteiger partial charge in [0.1, 0.15) is 18.0 Å². The first-order valence-electron chi connectivity index (χ1n) is 5.81. The number of halogens is 1. The van der Waals surface area contributed by atoms with Crippen molar-refractivity contribution in [2.24, 2.45) is 0 Å². The van der Waals surface area contributed by atoms with Gasteiger partial charge in [0.2, 0.25) is 0 Å². The van der Waals surface area contributed by atoms with E-state index in [2.05, 4.69) is 0 Å². The van der Waals surface area contributed by atoms with Gasteiger partial charge in [-0.3, -0.25) is 0 Å². The number of aliphatic hydroxyl groups is 2. The zero-order valence-corrected chi connectivity index (χ0v) is 11.9. The van der Waals surface area contributed by atoms with E-state index < -0.39 is 28.1 Å². The van der Waals surface area contributed by atoms with Crippen LogP contribution < -0.4 is 4.74 Å². The van der Waals surface area contributed by atoms with Gasteiger partial charge in [0.15, 0.2) is 9.84 Å². The molecule has 106 valence electrons. The molecule has 0 aromatic heterocycles. The van der Waals surface area contributed by atoms with Gasteiger partial charge in [-0.2, -0.15) is 0 Å². The van der Waals surface area contributed by atoms with Crippen molar-refractivity contribution >= 4 is 21.4 Å². The van der Waals surface area contributed by atoms with Crippen LogP contribution in [-0.4, -0.2) is 42.3 Å². The second kappa shape index (κ2) is 5.28. The first-order chi connectivity index (χ1) is 8.78. The molecule has 1 heterocycles. The molecule has 2 N–H and O–H groups in total. The Morgan fingerprint density at radius 2 is 2.11 bits per heavy atom. The van der Waals surface area contributed by atoms with Crippen LogP contribution in [0.25, 0.3) is 0 Å². The topological polar surface area (TPSA) is 83.8 Å².